The van der Waals surface area contributed by atoms with E-state index >= 15 is 0 Å². The van der Waals surface area contributed by atoms with Gasteiger partial charge < -0.3 is 5.32 Å². The first-order chi connectivity index (χ1) is 9.79. The van der Waals surface area contributed by atoms with E-state index in [0.29, 0.717) is 0 Å². The second-order valence-electron chi connectivity index (χ2n) is 5.23. The Bertz CT molecular complexity index is 553. The van der Waals surface area contributed by atoms with Crippen LogP contribution < -0.4 is 16.2 Å². The van der Waals surface area contributed by atoms with E-state index in [-0.39, 0.29) is 18.4 Å². The van der Waals surface area contributed by atoms with Gasteiger partial charge in [-0.05, 0) is 44.4 Å². The molecule has 3 amide bonds. The summed E-state index contributed by atoms with van der Waals surface area (Å²) in [5.74, 6) is -2.06. The molecule has 0 aliphatic heterocycles. The number of nitrogens with one attached hydrogen (secondary N) is 3. The minimum absolute atomic E-state index is 0.132. The summed E-state index contributed by atoms with van der Waals surface area (Å²) in [5, 5.41) is 2.43. The Balaban J connectivity index is 2.45. The van der Waals surface area contributed by atoms with Crippen LogP contribution in [-0.4, -0.2) is 23.8 Å². The van der Waals surface area contributed by atoms with Crippen molar-refractivity contribution in [2.45, 2.75) is 40.2 Å². The van der Waals surface area contributed by atoms with Crippen molar-refractivity contribution in [2.75, 3.05) is 0 Å². The maximum Gasteiger partial charge on any atom is 0.327 e. The zero-order valence-electron chi connectivity index (χ0n) is 12.7. The monoisotopic (exact) mass is 291 g/mol. The van der Waals surface area contributed by atoms with Crippen molar-refractivity contribution >= 4 is 17.7 Å². The Kier molecular flexibility index (Phi) is 5.90. The van der Waals surface area contributed by atoms with Gasteiger partial charge in [-0.2, -0.15) is 0 Å². The van der Waals surface area contributed by atoms with Crippen molar-refractivity contribution < 1.29 is 14.4 Å². The van der Waals surface area contributed by atoms with Gasteiger partial charge in [0, 0.05) is 6.04 Å². The van der Waals surface area contributed by atoms with Crippen molar-refractivity contribution in [2.24, 2.45) is 0 Å². The average Bonchev–Trinajstić information content (AvgIpc) is 2.39. The standard InChI is InChI=1S/C15H21N3O3/c1-9(2)16-14(20)15(21)18-17-13(19)8-12-6-5-10(3)11(4)7-12/h5-7,9H,8H2,1-4H3,(H,16,20)(H,17,19)(H,18,21). The molecular formula is C15H21N3O3. The molecule has 0 heterocycles. The quantitative estimate of drug-likeness (QED) is 0.560. The number of hydrogen-bond donors (Lipinski definition) is 3. The summed E-state index contributed by atoms with van der Waals surface area (Å²) in [6, 6.07) is 5.57. The summed E-state index contributed by atoms with van der Waals surface area (Å²) in [6.45, 7) is 7.44. The van der Waals surface area contributed by atoms with Crippen LogP contribution >= 0.6 is 0 Å². The molecule has 0 atom stereocenters. The number of hydrazine groups is 1. The van der Waals surface area contributed by atoms with Gasteiger partial charge in [-0.1, -0.05) is 18.2 Å². The predicted molar refractivity (Wildman–Crippen MR) is 79.2 cm³/mol. The number of rotatable bonds is 3. The zero-order valence-corrected chi connectivity index (χ0v) is 12.7. The van der Waals surface area contributed by atoms with Gasteiger partial charge in [0.25, 0.3) is 0 Å². The molecule has 1 aromatic carbocycles. The summed E-state index contributed by atoms with van der Waals surface area (Å²) >= 11 is 0. The predicted octanol–water partition coefficient (Wildman–Crippen LogP) is 0.518. The van der Waals surface area contributed by atoms with Crippen LogP contribution in [0.25, 0.3) is 0 Å². The first-order valence-corrected chi connectivity index (χ1v) is 6.75. The Morgan fingerprint density at radius 3 is 2.24 bits per heavy atom. The minimum atomic E-state index is -0.892. The average molecular weight is 291 g/mol. The molecule has 0 bridgehead atoms. The fourth-order valence-corrected chi connectivity index (χ4v) is 1.65. The molecule has 1 aromatic rings. The first-order valence-electron chi connectivity index (χ1n) is 6.75. The van der Waals surface area contributed by atoms with Crippen LogP contribution in [0.4, 0.5) is 0 Å². The van der Waals surface area contributed by atoms with Crippen LogP contribution in [0.2, 0.25) is 0 Å². The largest absolute Gasteiger partial charge is 0.346 e. The number of aryl methyl sites for hydroxylation is 2. The van der Waals surface area contributed by atoms with E-state index in [1.54, 1.807) is 13.8 Å². The fraction of sp³-hybridized carbons (Fsp3) is 0.400. The van der Waals surface area contributed by atoms with E-state index in [2.05, 4.69) is 16.2 Å². The number of benzene rings is 1. The van der Waals surface area contributed by atoms with E-state index in [1.807, 2.05) is 32.0 Å². The highest BCUT2D eigenvalue weighted by molar-refractivity contribution is 6.35. The van der Waals surface area contributed by atoms with E-state index < -0.39 is 11.8 Å². The normalized spacial score (nSPS) is 10.1. The Labute approximate surface area is 124 Å². The van der Waals surface area contributed by atoms with Gasteiger partial charge >= 0.3 is 11.8 Å². The van der Waals surface area contributed by atoms with Crippen molar-refractivity contribution in [1.82, 2.24) is 16.2 Å². The highest BCUT2D eigenvalue weighted by atomic mass is 16.2. The Hall–Kier alpha value is -2.37. The lowest BCUT2D eigenvalue weighted by Gasteiger charge is -2.10. The lowest BCUT2D eigenvalue weighted by Crippen LogP contribution is -2.50. The van der Waals surface area contributed by atoms with E-state index in [9.17, 15) is 14.4 Å². The van der Waals surface area contributed by atoms with Crippen LogP contribution in [0.3, 0.4) is 0 Å². The van der Waals surface area contributed by atoms with Crippen molar-refractivity contribution in [3.63, 3.8) is 0 Å². The van der Waals surface area contributed by atoms with Crippen LogP contribution in [-0.2, 0) is 20.8 Å². The number of amides is 3. The van der Waals surface area contributed by atoms with Crippen molar-refractivity contribution in [3.8, 4) is 0 Å². The lowest BCUT2D eigenvalue weighted by atomic mass is 10.0. The van der Waals surface area contributed by atoms with Gasteiger partial charge in [-0.25, -0.2) is 0 Å². The SMILES string of the molecule is Cc1ccc(CC(=O)NNC(=O)C(=O)NC(C)C)cc1C. The third-order valence-corrected chi connectivity index (χ3v) is 2.88. The van der Waals surface area contributed by atoms with Gasteiger partial charge in [0.2, 0.25) is 5.91 Å². The van der Waals surface area contributed by atoms with Gasteiger partial charge in [0.05, 0.1) is 6.42 Å². The Morgan fingerprint density at radius 2 is 1.67 bits per heavy atom. The summed E-state index contributed by atoms with van der Waals surface area (Å²) in [6.07, 6.45) is 0.132. The molecule has 6 nitrogen and oxygen atoms in total. The molecule has 0 aliphatic carbocycles. The van der Waals surface area contributed by atoms with E-state index in [0.717, 1.165) is 16.7 Å². The number of carbonyl (C=O) groups excluding carboxylic acids is 3. The van der Waals surface area contributed by atoms with E-state index in [1.165, 1.54) is 0 Å². The molecule has 21 heavy (non-hydrogen) atoms. The molecule has 6 heteroatoms. The first kappa shape index (κ1) is 16.7. The second-order valence-corrected chi connectivity index (χ2v) is 5.23. The van der Waals surface area contributed by atoms with Crippen LogP contribution in [0, 0.1) is 13.8 Å². The maximum atomic E-state index is 11.7. The summed E-state index contributed by atoms with van der Waals surface area (Å²) in [7, 11) is 0. The van der Waals surface area contributed by atoms with Crippen molar-refractivity contribution in [3.05, 3.63) is 34.9 Å². The summed E-state index contributed by atoms with van der Waals surface area (Å²) in [5.41, 5.74) is 7.40. The molecule has 0 unspecified atom stereocenters. The van der Waals surface area contributed by atoms with Gasteiger partial charge in [0.15, 0.2) is 0 Å². The third-order valence-electron chi connectivity index (χ3n) is 2.88. The zero-order chi connectivity index (χ0) is 16.0. The highest BCUT2D eigenvalue weighted by Crippen LogP contribution is 2.10. The van der Waals surface area contributed by atoms with E-state index in [4.69, 9.17) is 0 Å². The number of hydrogen-bond acceptors (Lipinski definition) is 3. The highest BCUT2D eigenvalue weighted by Gasteiger charge is 2.15. The van der Waals surface area contributed by atoms with Crippen LogP contribution in [0.15, 0.2) is 18.2 Å². The molecule has 114 valence electrons. The second kappa shape index (κ2) is 7.42. The molecule has 0 saturated carbocycles. The molecule has 0 aliphatic rings. The topological polar surface area (TPSA) is 87.3 Å². The molecule has 0 aromatic heterocycles. The summed E-state index contributed by atoms with van der Waals surface area (Å²) < 4.78 is 0. The molecule has 0 radical (unpaired) electrons. The van der Waals surface area contributed by atoms with Gasteiger partial charge in [-0.3, -0.25) is 25.2 Å². The third kappa shape index (κ3) is 5.64. The Morgan fingerprint density at radius 1 is 1.00 bits per heavy atom. The molecule has 0 saturated heterocycles. The van der Waals surface area contributed by atoms with Crippen molar-refractivity contribution in [1.29, 1.82) is 0 Å². The molecule has 0 fully saturated rings. The molecule has 3 N–H and O–H groups in total. The summed E-state index contributed by atoms with van der Waals surface area (Å²) in [4.78, 5) is 34.4. The smallest absolute Gasteiger partial charge is 0.327 e. The molecular weight excluding hydrogens is 270 g/mol. The molecule has 1 rings (SSSR count). The lowest BCUT2D eigenvalue weighted by molar-refractivity contribution is -0.141. The number of carbonyl (C=O) groups is 3. The van der Waals surface area contributed by atoms with Gasteiger partial charge in [-0.15, -0.1) is 0 Å². The van der Waals surface area contributed by atoms with Crippen LogP contribution in [0.5, 0.6) is 0 Å². The molecule has 0 spiro atoms. The minimum Gasteiger partial charge on any atom is -0.346 e. The fourth-order valence-electron chi connectivity index (χ4n) is 1.65. The maximum absolute atomic E-state index is 11.7. The van der Waals surface area contributed by atoms with Gasteiger partial charge in [0.1, 0.15) is 0 Å². The van der Waals surface area contributed by atoms with Crippen LogP contribution in [0.1, 0.15) is 30.5 Å².